The Morgan fingerprint density at radius 2 is 2.15 bits per heavy atom. The zero-order valence-electron chi connectivity index (χ0n) is 12.4. The van der Waals surface area contributed by atoms with Gasteiger partial charge in [0.15, 0.2) is 0 Å². The number of nitrogens with one attached hydrogen (secondary N) is 1. The van der Waals surface area contributed by atoms with Gasteiger partial charge in [-0.15, -0.1) is 0 Å². The number of aromatic nitrogens is 1. The number of aryl methyl sites for hydroxylation is 1. The molecular weight excluding hydrogens is 246 g/mol. The van der Waals surface area contributed by atoms with Crippen molar-refractivity contribution in [1.29, 1.82) is 5.26 Å². The molecule has 1 heterocycles. The van der Waals surface area contributed by atoms with Crippen LogP contribution in [-0.2, 0) is 13.1 Å². The van der Waals surface area contributed by atoms with Crippen molar-refractivity contribution in [3.8, 4) is 6.07 Å². The molecular formula is C17H23N3. The number of hydrogen-bond acceptors (Lipinski definition) is 2. The molecule has 0 saturated carbocycles. The lowest BCUT2D eigenvalue weighted by Gasteiger charge is -2.09. The van der Waals surface area contributed by atoms with E-state index in [2.05, 4.69) is 60.3 Å². The van der Waals surface area contributed by atoms with Crippen molar-refractivity contribution in [3.05, 3.63) is 36.0 Å². The van der Waals surface area contributed by atoms with Crippen LogP contribution in [0.25, 0.3) is 10.9 Å². The molecule has 0 aliphatic rings. The van der Waals surface area contributed by atoms with Crippen molar-refractivity contribution < 1.29 is 0 Å². The highest BCUT2D eigenvalue weighted by Gasteiger charge is 2.03. The third-order valence-corrected chi connectivity index (χ3v) is 3.41. The summed E-state index contributed by atoms with van der Waals surface area (Å²) in [6, 6.07) is 11.0. The average Bonchev–Trinajstić information content (AvgIpc) is 2.81. The van der Waals surface area contributed by atoms with E-state index in [-0.39, 0.29) is 0 Å². The van der Waals surface area contributed by atoms with Crippen molar-refractivity contribution in [1.82, 2.24) is 9.88 Å². The van der Waals surface area contributed by atoms with Crippen LogP contribution in [0.5, 0.6) is 0 Å². The molecule has 0 saturated heterocycles. The van der Waals surface area contributed by atoms with Gasteiger partial charge in [-0.2, -0.15) is 5.26 Å². The molecule has 0 unspecified atom stereocenters. The van der Waals surface area contributed by atoms with Gasteiger partial charge in [0.25, 0.3) is 0 Å². The monoisotopic (exact) mass is 269 g/mol. The largest absolute Gasteiger partial charge is 0.347 e. The number of nitriles is 1. The highest BCUT2D eigenvalue weighted by atomic mass is 14.9. The highest BCUT2D eigenvalue weighted by molar-refractivity contribution is 5.80. The fourth-order valence-corrected chi connectivity index (χ4v) is 2.37. The van der Waals surface area contributed by atoms with Crippen LogP contribution in [0.15, 0.2) is 30.5 Å². The van der Waals surface area contributed by atoms with E-state index in [1.54, 1.807) is 0 Å². The number of rotatable bonds is 7. The molecule has 1 aromatic heterocycles. The summed E-state index contributed by atoms with van der Waals surface area (Å²) in [6.45, 7) is 7.31. The van der Waals surface area contributed by atoms with E-state index >= 15 is 0 Å². The number of fused-ring (bicyclic) bond motifs is 1. The van der Waals surface area contributed by atoms with Gasteiger partial charge in [0.05, 0.1) is 6.07 Å². The summed E-state index contributed by atoms with van der Waals surface area (Å²) in [7, 11) is 0. The summed E-state index contributed by atoms with van der Waals surface area (Å²) in [4.78, 5) is 0. The van der Waals surface area contributed by atoms with E-state index in [9.17, 15) is 0 Å². The zero-order valence-corrected chi connectivity index (χ0v) is 12.4. The fourth-order valence-electron chi connectivity index (χ4n) is 2.37. The minimum absolute atomic E-state index is 0.620. The predicted molar refractivity (Wildman–Crippen MR) is 83.3 cm³/mol. The lowest BCUT2D eigenvalue weighted by atomic mass is 10.1. The Balaban J connectivity index is 2.06. The Kier molecular flexibility index (Phi) is 5.20. The zero-order chi connectivity index (χ0) is 14.4. The maximum absolute atomic E-state index is 8.63. The molecule has 1 N–H and O–H groups in total. The molecule has 0 spiro atoms. The quantitative estimate of drug-likeness (QED) is 0.779. The molecule has 1 aromatic carbocycles. The fraction of sp³-hybridized carbons (Fsp3) is 0.471. The third-order valence-electron chi connectivity index (χ3n) is 3.41. The average molecular weight is 269 g/mol. The topological polar surface area (TPSA) is 40.8 Å². The molecule has 0 fully saturated rings. The van der Waals surface area contributed by atoms with E-state index in [0.717, 1.165) is 26.1 Å². The highest BCUT2D eigenvalue weighted by Crippen LogP contribution is 2.18. The molecule has 20 heavy (non-hydrogen) atoms. The van der Waals surface area contributed by atoms with E-state index in [4.69, 9.17) is 5.26 Å². The molecule has 106 valence electrons. The van der Waals surface area contributed by atoms with Crippen molar-refractivity contribution in [2.45, 2.75) is 39.8 Å². The summed E-state index contributed by atoms with van der Waals surface area (Å²) >= 11 is 0. The second-order valence-corrected chi connectivity index (χ2v) is 5.69. The number of nitrogens with zero attached hydrogens (tertiary/aromatic N) is 2. The van der Waals surface area contributed by atoms with Crippen molar-refractivity contribution in [2.75, 3.05) is 6.54 Å². The second kappa shape index (κ2) is 7.12. The first-order valence-electron chi connectivity index (χ1n) is 7.36. The molecule has 0 bridgehead atoms. The second-order valence-electron chi connectivity index (χ2n) is 5.69. The van der Waals surface area contributed by atoms with Crippen LogP contribution in [-0.4, -0.2) is 11.1 Å². The van der Waals surface area contributed by atoms with E-state index in [1.807, 2.05) is 0 Å². The summed E-state index contributed by atoms with van der Waals surface area (Å²) < 4.78 is 2.25. The van der Waals surface area contributed by atoms with Crippen LogP contribution < -0.4 is 5.32 Å². The standard InChI is InChI=1S/C17H23N3/c1-14(2)12-19-13-15-5-6-16-7-10-20(17(16)11-15)9-4-3-8-18/h5-7,10-11,14,19H,3-4,9,12-13H2,1-2H3. The molecule has 0 atom stereocenters. The Hall–Kier alpha value is -1.79. The number of unbranched alkanes of at least 4 members (excludes halogenated alkanes) is 1. The first-order chi connectivity index (χ1) is 9.70. The normalized spacial score (nSPS) is 11.1. The molecule has 0 aliphatic heterocycles. The van der Waals surface area contributed by atoms with Gasteiger partial charge in [0.2, 0.25) is 0 Å². The van der Waals surface area contributed by atoms with E-state index in [1.165, 1.54) is 16.5 Å². The summed E-state index contributed by atoms with van der Waals surface area (Å²) in [5.41, 5.74) is 2.59. The summed E-state index contributed by atoms with van der Waals surface area (Å²) in [6.07, 6.45) is 3.65. The minimum Gasteiger partial charge on any atom is -0.347 e. The lowest BCUT2D eigenvalue weighted by molar-refractivity contribution is 0.552. The Labute approximate surface area is 121 Å². The van der Waals surface area contributed by atoms with Crippen LogP contribution in [0.1, 0.15) is 32.3 Å². The molecule has 0 aliphatic carbocycles. The SMILES string of the molecule is CC(C)CNCc1ccc2ccn(CCCC#N)c2c1. The van der Waals surface area contributed by atoms with Crippen molar-refractivity contribution in [3.63, 3.8) is 0 Å². The van der Waals surface area contributed by atoms with Crippen LogP contribution in [0.3, 0.4) is 0 Å². The first kappa shape index (κ1) is 14.6. The number of hydrogen-bond donors (Lipinski definition) is 1. The van der Waals surface area contributed by atoms with Gasteiger partial charge in [-0.25, -0.2) is 0 Å². The van der Waals surface area contributed by atoms with E-state index in [0.29, 0.717) is 12.3 Å². The van der Waals surface area contributed by atoms with Crippen LogP contribution in [0, 0.1) is 17.2 Å². The van der Waals surface area contributed by atoms with Crippen LogP contribution in [0.2, 0.25) is 0 Å². The van der Waals surface area contributed by atoms with Crippen molar-refractivity contribution >= 4 is 10.9 Å². The maximum Gasteiger partial charge on any atom is 0.0622 e. The summed E-state index contributed by atoms with van der Waals surface area (Å²) in [5, 5.41) is 13.4. The van der Waals surface area contributed by atoms with Crippen LogP contribution >= 0.6 is 0 Å². The third kappa shape index (κ3) is 3.85. The van der Waals surface area contributed by atoms with Gasteiger partial charge in [-0.05, 0) is 42.0 Å². The van der Waals surface area contributed by atoms with Gasteiger partial charge in [0.1, 0.15) is 0 Å². The molecule has 3 nitrogen and oxygen atoms in total. The Bertz CT molecular complexity index is 590. The molecule has 0 radical (unpaired) electrons. The van der Waals surface area contributed by atoms with E-state index < -0.39 is 0 Å². The Morgan fingerprint density at radius 3 is 2.90 bits per heavy atom. The summed E-state index contributed by atoms with van der Waals surface area (Å²) in [5.74, 6) is 0.675. The van der Waals surface area contributed by atoms with Gasteiger partial charge in [-0.1, -0.05) is 26.0 Å². The van der Waals surface area contributed by atoms with Gasteiger partial charge in [0, 0.05) is 31.2 Å². The Morgan fingerprint density at radius 1 is 1.30 bits per heavy atom. The maximum atomic E-state index is 8.63. The lowest BCUT2D eigenvalue weighted by Crippen LogP contribution is -2.18. The van der Waals surface area contributed by atoms with Gasteiger partial charge >= 0.3 is 0 Å². The van der Waals surface area contributed by atoms with Gasteiger partial charge in [-0.3, -0.25) is 0 Å². The number of benzene rings is 1. The molecule has 2 aromatic rings. The molecule has 0 amide bonds. The minimum atomic E-state index is 0.620. The first-order valence-corrected chi connectivity index (χ1v) is 7.36. The van der Waals surface area contributed by atoms with Crippen LogP contribution in [0.4, 0.5) is 0 Å². The molecule has 2 rings (SSSR count). The predicted octanol–water partition coefficient (Wildman–Crippen LogP) is 3.69. The van der Waals surface area contributed by atoms with Crippen molar-refractivity contribution in [2.24, 2.45) is 5.92 Å². The smallest absolute Gasteiger partial charge is 0.0622 e. The van der Waals surface area contributed by atoms with Gasteiger partial charge < -0.3 is 9.88 Å². The molecule has 3 heteroatoms.